The van der Waals surface area contributed by atoms with Gasteiger partial charge in [-0.2, -0.15) is 0 Å². The summed E-state index contributed by atoms with van der Waals surface area (Å²) in [5.74, 6) is -0.291. The van der Waals surface area contributed by atoms with Crippen molar-refractivity contribution in [1.29, 1.82) is 0 Å². The number of carbonyl (C=O) groups is 1. The first kappa shape index (κ1) is 16.1. The molecule has 1 aromatic heterocycles. The van der Waals surface area contributed by atoms with Crippen LogP contribution in [-0.2, 0) is 7.05 Å². The van der Waals surface area contributed by atoms with E-state index in [0.29, 0.717) is 16.3 Å². The van der Waals surface area contributed by atoms with E-state index in [4.69, 9.17) is 11.6 Å². The largest absolute Gasteiger partial charge is 0.332 e. The summed E-state index contributed by atoms with van der Waals surface area (Å²) >= 11 is 5.96. The minimum absolute atomic E-state index is 0.291. The lowest BCUT2D eigenvalue weighted by atomic mass is 10.1. The molecule has 0 aliphatic rings. The van der Waals surface area contributed by atoms with Crippen LogP contribution in [0.15, 0.2) is 66.0 Å². The molecule has 0 spiro atoms. The number of rotatable bonds is 3. The van der Waals surface area contributed by atoms with Crippen molar-refractivity contribution in [2.45, 2.75) is 6.92 Å². The van der Waals surface area contributed by atoms with Gasteiger partial charge in [-0.15, -0.1) is 0 Å². The molecule has 0 saturated heterocycles. The zero-order valence-corrected chi connectivity index (χ0v) is 14.2. The molecular weight excluding hydrogens is 322 g/mol. The molecule has 0 aliphatic heterocycles. The Labute approximate surface area is 145 Å². The number of hydrogen-bond acceptors (Lipinski definition) is 2. The quantitative estimate of drug-likeness (QED) is 0.677. The van der Waals surface area contributed by atoms with Crippen LogP contribution in [-0.4, -0.2) is 21.2 Å². The second-order valence-electron chi connectivity index (χ2n) is 5.53. The smallest absolute Gasteiger partial charge is 0.277 e. The zero-order chi connectivity index (χ0) is 17.1. The average molecular weight is 338 g/mol. The standard InChI is InChI=1S/C19H16ClN3O/c1-13-3-5-15(6-4-13)19(24)22-18(17-11-21-12-23(17)2)14-7-9-16(20)10-8-14/h3-12H,1-2H3. The molecule has 2 aromatic carbocycles. The van der Waals surface area contributed by atoms with Gasteiger partial charge in [-0.3, -0.25) is 4.79 Å². The molecule has 0 fully saturated rings. The average Bonchev–Trinajstić information content (AvgIpc) is 3.00. The fraction of sp³-hybridized carbons (Fsp3) is 0.105. The highest BCUT2D eigenvalue weighted by Crippen LogP contribution is 2.16. The van der Waals surface area contributed by atoms with Gasteiger partial charge in [-0.25, -0.2) is 9.98 Å². The van der Waals surface area contributed by atoms with Gasteiger partial charge in [0.05, 0.1) is 23.9 Å². The fourth-order valence-electron chi connectivity index (χ4n) is 2.33. The van der Waals surface area contributed by atoms with E-state index in [0.717, 1.165) is 16.8 Å². The zero-order valence-electron chi connectivity index (χ0n) is 13.4. The molecule has 1 heterocycles. The summed E-state index contributed by atoms with van der Waals surface area (Å²) in [6.07, 6.45) is 3.37. The van der Waals surface area contributed by atoms with Crippen LogP contribution in [0.5, 0.6) is 0 Å². The van der Waals surface area contributed by atoms with Crippen molar-refractivity contribution in [3.05, 3.63) is 88.5 Å². The van der Waals surface area contributed by atoms with E-state index in [9.17, 15) is 4.79 Å². The van der Waals surface area contributed by atoms with Crippen molar-refractivity contribution in [2.24, 2.45) is 12.0 Å². The van der Waals surface area contributed by atoms with Crippen LogP contribution in [0, 0.1) is 6.92 Å². The third-order valence-corrected chi connectivity index (χ3v) is 3.94. The van der Waals surface area contributed by atoms with Crippen molar-refractivity contribution in [1.82, 2.24) is 9.55 Å². The molecule has 0 saturated carbocycles. The van der Waals surface area contributed by atoms with E-state index in [1.54, 1.807) is 36.8 Å². The number of hydrogen-bond donors (Lipinski definition) is 0. The van der Waals surface area contributed by atoms with Gasteiger partial charge >= 0.3 is 0 Å². The molecule has 0 N–H and O–H groups in total. The van der Waals surface area contributed by atoms with Gasteiger partial charge in [0.25, 0.3) is 5.91 Å². The number of nitrogens with zero attached hydrogens (tertiary/aromatic N) is 3. The van der Waals surface area contributed by atoms with Crippen molar-refractivity contribution >= 4 is 23.2 Å². The van der Waals surface area contributed by atoms with Gasteiger partial charge in [0.2, 0.25) is 0 Å². The van der Waals surface area contributed by atoms with Crippen LogP contribution in [0.4, 0.5) is 0 Å². The van der Waals surface area contributed by atoms with Crippen LogP contribution in [0.25, 0.3) is 0 Å². The second kappa shape index (κ2) is 6.81. The number of aryl methyl sites for hydroxylation is 2. The predicted octanol–water partition coefficient (Wildman–Crippen LogP) is 4.06. The molecule has 4 nitrogen and oxygen atoms in total. The monoisotopic (exact) mass is 337 g/mol. The summed E-state index contributed by atoms with van der Waals surface area (Å²) in [4.78, 5) is 21.0. The molecule has 120 valence electrons. The molecule has 0 aliphatic carbocycles. The van der Waals surface area contributed by atoms with Crippen LogP contribution < -0.4 is 0 Å². The van der Waals surface area contributed by atoms with Crippen LogP contribution in [0.2, 0.25) is 5.02 Å². The maximum Gasteiger partial charge on any atom is 0.277 e. The summed E-state index contributed by atoms with van der Waals surface area (Å²) < 4.78 is 1.83. The van der Waals surface area contributed by atoms with E-state index in [-0.39, 0.29) is 5.91 Å². The maximum atomic E-state index is 12.6. The van der Waals surface area contributed by atoms with Crippen LogP contribution >= 0.6 is 11.6 Å². The Morgan fingerprint density at radius 2 is 1.67 bits per heavy atom. The van der Waals surface area contributed by atoms with Gasteiger partial charge in [0, 0.05) is 23.2 Å². The molecule has 0 unspecified atom stereocenters. The second-order valence-corrected chi connectivity index (χ2v) is 5.96. The molecular formula is C19H16ClN3O. The number of halogens is 1. The molecule has 0 atom stereocenters. The van der Waals surface area contributed by atoms with E-state index in [1.807, 2.05) is 42.8 Å². The third-order valence-electron chi connectivity index (χ3n) is 3.69. The Hall–Kier alpha value is -2.72. The molecule has 24 heavy (non-hydrogen) atoms. The topological polar surface area (TPSA) is 47.2 Å². The summed E-state index contributed by atoms with van der Waals surface area (Å²) in [6.45, 7) is 1.98. The van der Waals surface area contributed by atoms with Gasteiger partial charge in [0.1, 0.15) is 0 Å². The molecule has 0 bridgehead atoms. The highest BCUT2D eigenvalue weighted by molar-refractivity contribution is 6.30. The normalized spacial score (nSPS) is 11.5. The summed E-state index contributed by atoms with van der Waals surface area (Å²) in [6, 6.07) is 14.6. The van der Waals surface area contributed by atoms with E-state index in [1.165, 1.54) is 0 Å². The van der Waals surface area contributed by atoms with Gasteiger partial charge in [-0.05, 0) is 31.2 Å². The van der Waals surface area contributed by atoms with Crippen molar-refractivity contribution < 1.29 is 4.79 Å². The van der Waals surface area contributed by atoms with Gasteiger partial charge in [0.15, 0.2) is 0 Å². The number of amides is 1. The Balaban J connectivity index is 2.07. The highest BCUT2D eigenvalue weighted by Gasteiger charge is 2.14. The molecule has 5 heteroatoms. The van der Waals surface area contributed by atoms with Crippen molar-refractivity contribution in [3.8, 4) is 0 Å². The summed E-state index contributed by atoms with van der Waals surface area (Å²) in [5, 5.41) is 0.632. The third kappa shape index (κ3) is 3.44. The van der Waals surface area contributed by atoms with Gasteiger partial charge < -0.3 is 4.57 Å². The fourth-order valence-corrected chi connectivity index (χ4v) is 2.45. The minimum atomic E-state index is -0.291. The van der Waals surface area contributed by atoms with Gasteiger partial charge in [-0.1, -0.05) is 41.4 Å². The number of aromatic nitrogens is 2. The Morgan fingerprint density at radius 3 is 2.25 bits per heavy atom. The lowest BCUT2D eigenvalue weighted by Gasteiger charge is -2.08. The first-order chi connectivity index (χ1) is 11.5. The van der Waals surface area contributed by atoms with Crippen LogP contribution in [0.3, 0.4) is 0 Å². The van der Waals surface area contributed by atoms with E-state index < -0.39 is 0 Å². The lowest BCUT2D eigenvalue weighted by molar-refractivity contribution is 0.100. The van der Waals surface area contributed by atoms with Crippen LogP contribution in [0.1, 0.15) is 27.2 Å². The Bertz CT molecular complexity index is 893. The summed E-state index contributed by atoms with van der Waals surface area (Å²) in [7, 11) is 1.87. The first-order valence-corrected chi connectivity index (χ1v) is 7.85. The van der Waals surface area contributed by atoms with E-state index in [2.05, 4.69) is 9.98 Å². The lowest BCUT2D eigenvalue weighted by Crippen LogP contribution is -2.11. The molecule has 3 aromatic rings. The summed E-state index contributed by atoms with van der Waals surface area (Å²) in [5.41, 5.74) is 3.79. The Kier molecular flexibility index (Phi) is 4.58. The molecule has 1 amide bonds. The maximum absolute atomic E-state index is 12.6. The minimum Gasteiger partial charge on any atom is -0.332 e. The number of benzene rings is 2. The van der Waals surface area contributed by atoms with Crippen molar-refractivity contribution in [2.75, 3.05) is 0 Å². The predicted molar refractivity (Wildman–Crippen MR) is 95.8 cm³/mol. The highest BCUT2D eigenvalue weighted by atomic mass is 35.5. The SMILES string of the molecule is Cc1ccc(C(=O)N=C(c2ccc(Cl)cc2)c2cncn2C)cc1. The Morgan fingerprint density at radius 1 is 1.04 bits per heavy atom. The first-order valence-electron chi connectivity index (χ1n) is 7.47. The number of imidazole rings is 1. The number of aliphatic imine (C=N–C) groups is 1. The molecule has 0 radical (unpaired) electrons. The number of carbonyl (C=O) groups excluding carboxylic acids is 1. The van der Waals surface area contributed by atoms with E-state index >= 15 is 0 Å². The van der Waals surface area contributed by atoms with Crippen molar-refractivity contribution in [3.63, 3.8) is 0 Å². The molecule has 3 rings (SSSR count).